The van der Waals surface area contributed by atoms with Gasteiger partial charge < -0.3 is 9.30 Å². The maximum Gasteiger partial charge on any atom is 0.241 e. The molecule has 3 rings (SSSR count). The number of carbonyl (C=O) groups is 1. The van der Waals surface area contributed by atoms with E-state index in [1.54, 1.807) is 55.4 Å². The van der Waals surface area contributed by atoms with E-state index in [0.717, 1.165) is 5.56 Å². The Morgan fingerprint density at radius 2 is 1.75 bits per heavy atom. The van der Waals surface area contributed by atoms with Crippen LogP contribution in [0.1, 0.15) is 34.7 Å². The molecule has 0 fully saturated rings. The average Bonchev–Trinajstić information content (AvgIpc) is 3.12. The Morgan fingerprint density at radius 3 is 2.25 bits per heavy atom. The first-order valence-electron chi connectivity index (χ1n) is 8.56. The summed E-state index contributed by atoms with van der Waals surface area (Å²) in [6, 6.07) is 12.3. The summed E-state index contributed by atoms with van der Waals surface area (Å²) in [4.78, 5) is 15.8. The van der Waals surface area contributed by atoms with Gasteiger partial charge in [-0.3, -0.25) is 4.79 Å². The van der Waals surface area contributed by atoms with Crippen LogP contribution in [0.4, 0.5) is 0 Å². The molecule has 0 aliphatic heterocycles. The van der Waals surface area contributed by atoms with Crippen molar-refractivity contribution >= 4 is 15.8 Å². The van der Waals surface area contributed by atoms with Crippen LogP contribution >= 0.6 is 0 Å². The van der Waals surface area contributed by atoms with E-state index in [9.17, 15) is 13.2 Å². The summed E-state index contributed by atoms with van der Waals surface area (Å²) < 4.78 is 35.6. The number of methoxy groups -OCH3 is 1. The summed E-state index contributed by atoms with van der Waals surface area (Å²) in [5, 5.41) is 0. The third-order valence-electron chi connectivity index (χ3n) is 4.41. The summed E-state index contributed by atoms with van der Waals surface area (Å²) in [6.07, 6.45) is 3.36. The van der Waals surface area contributed by atoms with Crippen molar-refractivity contribution in [1.29, 1.82) is 0 Å². The van der Waals surface area contributed by atoms with E-state index in [1.807, 2.05) is 0 Å². The van der Waals surface area contributed by atoms with Crippen molar-refractivity contribution < 1.29 is 17.9 Å². The molecule has 7 nitrogen and oxygen atoms in total. The van der Waals surface area contributed by atoms with Gasteiger partial charge in [0, 0.05) is 25.0 Å². The lowest BCUT2D eigenvalue weighted by Crippen LogP contribution is -2.31. The van der Waals surface area contributed by atoms with Gasteiger partial charge in [-0.25, -0.2) is 13.4 Å². The van der Waals surface area contributed by atoms with Crippen LogP contribution in [0.15, 0.2) is 65.8 Å². The van der Waals surface area contributed by atoms with Crippen LogP contribution in [0.2, 0.25) is 0 Å². The Kier molecular flexibility index (Phi) is 5.62. The minimum Gasteiger partial charge on any atom is -0.497 e. The van der Waals surface area contributed by atoms with Gasteiger partial charge in [0.25, 0.3) is 0 Å². The standard InChI is InChI=1S/C20H21N3O4S/c1-14(24)15-6-10-18(11-7-15)28(25,26)22-19(20-21-12-13-23(20)2)16-4-8-17(27-3)9-5-16/h4-13,19,22H,1-3H3. The molecule has 2 aromatic carbocycles. The molecule has 1 N–H and O–H groups in total. The highest BCUT2D eigenvalue weighted by molar-refractivity contribution is 7.89. The largest absolute Gasteiger partial charge is 0.497 e. The molecule has 0 saturated carbocycles. The summed E-state index contributed by atoms with van der Waals surface area (Å²) in [6.45, 7) is 1.43. The lowest BCUT2D eigenvalue weighted by atomic mass is 10.1. The summed E-state index contributed by atoms with van der Waals surface area (Å²) in [5.74, 6) is 1.10. The first-order chi connectivity index (χ1) is 13.3. The van der Waals surface area contributed by atoms with Crippen molar-refractivity contribution in [2.45, 2.75) is 17.9 Å². The average molecular weight is 399 g/mol. The topological polar surface area (TPSA) is 90.3 Å². The Balaban J connectivity index is 1.98. The third kappa shape index (κ3) is 4.13. The molecule has 28 heavy (non-hydrogen) atoms. The first kappa shape index (κ1) is 19.8. The zero-order valence-corrected chi connectivity index (χ0v) is 16.6. The quantitative estimate of drug-likeness (QED) is 0.617. The number of hydrogen-bond acceptors (Lipinski definition) is 5. The molecule has 0 radical (unpaired) electrons. The summed E-state index contributed by atoms with van der Waals surface area (Å²) in [5.41, 5.74) is 1.17. The number of Topliss-reactive ketones (excluding diaryl/α,β-unsaturated/α-hetero) is 1. The predicted octanol–water partition coefficient (Wildman–Crippen LogP) is 2.70. The van der Waals surface area contributed by atoms with E-state index >= 15 is 0 Å². The molecule has 1 atom stereocenters. The van der Waals surface area contributed by atoms with E-state index in [2.05, 4.69) is 9.71 Å². The summed E-state index contributed by atoms with van der Waals surface area (Å²) in [7, 11) is -0.486. The Morgan fingerprint density at radius 1 is 1.11 bits per heavy atom. The fraction of sp³-hybridized carbons (Fsp3) is 0.200. The SMILES string of the molecule is COc1ccc(C(NS(=O)(=O)c2ccc(C(C)=O)cc2)c2nccn2C)cc1. The number of carbonyl (C=O) groups excluding carboxylic acids is 1. The van der Waals surface area contributed by atoms with Gasteiger partial charge in [-0.05, 0) is 36.8 Å². The number of imidazole rings is 1. The Hall–Kier alpha value is -2.97. The van der Waals surface area contributed by atoms with Crippen LogP contribution in [-0.2, 0) is 17.1 Å². The van der Waals surface area contributed by atoms with Crippen molar-refractivity contribution in [3.63, 3.8) is 0 Å². The smallest absolute Gasteiger partial charge is 0.241 e. The van der Waals surface area contributed by atoms with Gasteiger partial charge in [-0.1, -0.05) is 24.3 Å². The van der Waals surface area contributed by atoms with Crippen LogP contribution in [0.25, 0.3) is 0 Å². The van der Waals surface area contributed by atoms with Gasteiger partial charge in [-0.15, -0.1) is 0 Å². The van der Waals surface area contributed by atoms with E-state index in [0.29, 0.717) is 17.1 Å². The van der Waals surface area contributed by atoms with Crippen molar-refractivity contribution in [3.05, 3.63) is 77.9 Å². The van der Waals surface area contributed by atoms with E-state index in [4.69, 9.17) is 4.74 Å². The van der Waals surface area contributed by atoms with Crippen LogP contribution in [0.5, 0.6) is 5.75 Å². The monoisotopic (exact) mass is 399 g/mol. The van der Waals surface area contributed by atoms with Gasteiger partial charge in [0.2, 0.25) is 10.0 Å². The van der Waals surface area contributed by atoms with Gasteiger partial charge in [0.1, 0.15) is 17.6 Å². The Bertz CT molecular complexity index is 1070. The number of rotatable bonds is 7. The second-order valence-electron chi connectivity index (χ2n) is 6.30. The zero-order valence-electron chi connectivity index (χ0n) is 15.8. The molecule has 1 unspecified atom stereocenters. The minimum absolute atomic E-state index is 0.0743. The molecule has 1 aromatic heterocycles. The maximum atomic E-state index is 13.0. The molecule has 0 aliphatic rings. The van der Waals surface area contributed by atoms with Crippen molar-refractivity contribution in [3.8, 4) is 5.75 Å². The van der Waals surface area contributed by atoms with Crippen LogP contribution in [0.3, 0.4) is 0 Å². The van der Waals surface area contributed by atoms with Crippen LogP contribution < -0.4 is 9.46 Å². The molecule has 0 aliphatic carbocycles. The molecule has 1 heterocycles. The van der Waals surface area contributed by atoms with E-state index in [1.165, 1.54) is 31.2 Å². The number of aromatic nitrogens is 2. The fourth-order valence-electron chi connectivity index (χ4n) is 2.81. The number of nitrogens with zero attached hydrogens (tertiary/aromatic N) is 2. The van der Waals surface area contributed by atoms with E-state index in [-0.39, 0.29) is 10.7 Å². The number of nitrogens with one attached hydrogen (secondary N) is 1. The predicted molar refractivity (Wildman–Crippen MR) is 105 cm³/mol. The number of ketones is 1. The van der Waals surface area contributed by atoms with E-state index < -0.39 is 16.1 Å². The normalized spacial score (nSPS) is 12.5. The minimum atomic E-state index is -3.85. The number of aryl methyl sites for hydroxylation is 1. The molecule has 0 saturated heterocycles. The molecular formula is C20H21N3O4S. The number of sulfonamides is 1. The van der Waals surface area contributed by atoms with Gasteiger partial charge in [0.05, 0.1) is 12.0 Å². The fourth-order valence-corrected chi connectivity index (χ4v) is 4.00. The number of benzene rings is 2. The third-order valence-corrected chi connectivity index (χ3v) is 5.85. The second-order valence-corrected chi connectivity index (χ2v) is 8.02. The van der Waals surface area contributed by atoms with Crippen LogP contribution in [0, 0.1) is 0 Å². The van der Waals surface area contributed by atoms with Crippen molar-refractivity contribution in [2.24, 2.45) is 7.05 Å². The van der Waals surface area contributed by atoms with Gasteiger partial charge in [-0.2, -0.15) is 4.72 Å². The maximum absolute atomic E-state index is 13.0. The first-order valence-corrected chi connectivity index (χ1v) is 10.0. The number of ether oxygens (including phenoxy) is 1. The lowest BCUT2D eigenvalue weighted by Gasteiger charge is -2.19. The zero-order chi connectivity index (χ0) is 20.3. The highest BCUT2D eigenvalue weighted by atomic mass is 32.2. The molecule has 0 spiro atoms. The molecular weight excluding hydrogens is 378 g/mol. The number of hydrogen-bond donors (Lipinski definition) is 1. The second kappa shape index (κ2) is 7.95. The van der Waals surface area contributed by atoms with Crippen molar-refractivity contribution in [2.75, 3.05) is 7.11 Å². The highest BCUT2D eigenvalue weighted by Crippen LogP contribution is 2.25. The molecule has 0 bridgehead atoms. The van der Waals surface area contributed by atoms with Crippen LogP contribution in [-0.4, -0.2) is 30.9 Å². The molecule has 8 heteroatoms. The van der Waals surface area contributed by atoms with Gasteiger partial charge in [0.15, 0.2) is 5.78 Å². The molecule has 0 amide bonds. The lowest BCUT2D eigenvalue weighted by molar-refractivity contribution is 0.101. The molecule has 3 aromatic rings. The highest BCUT2D eigenvalue weighted by Gasteiger charge is 2.26. The summed E-state index contributed by atoms with van der Waals surface area (Å²) >= 11 is 0. The van der Waals surface area contributed by atoms with Crippen molar-refractivity contribution in [1.82, 2.24) is 14.3 Å². The Labute approximate surface area is 164 Å². The van der Waals surface area contributed by atoms with Gasteiger partial charge >= 0.3 is 0 Å². The molecule has 146 valence electrons.